The number of hydrogen-bond acceptors (Lipinski definition) is 6. The van der Waals surface area contributed by atoms with Crippen LogP contribution in [0.1, 0.15) is 40.2 Å². The highest BCUT2D eigenvalue weighted by Gasteiger charge is 2.51. The summed E-state index contributed by atoms with van der Waals surface area (Å²) in [5.41, 5.74) is 1.06. The summed E-state index contributed by atoms with van der Waals surface area (Å²) in [5.74, 6) is 0.632. The molecule has 4 aromatic rings. The van der Waals surface area contributed by atoms with Crippen LogP contribution < -0.4 is 5.32 Å². The molecule has 0 saturated carbocycles. The molecule has 9 heteroatoms. The minimum atomic E-state index is -1.40. The number of imide groups is 1. The fraction of sp³-hybridized carbons (Fsp3) is 0.250. The third kappa shape index (κ3) is 3.15. The van der Waals surface area contributed by atoms with Gasteiger partial charge in [-0.3, -0.25) is 19.1 Å². The van der Waals surface area contributed by atoms with Gasteiger partial charge in [-0.1, -0.05) is 23.4 Å². The first-order chi connectivity index (χ1) is 15.7. The summed E-state index contributed by atoms with van der Waals surface area (Å²) in [7, 11) is 0. The summed E-state index contributed by atoms with van der Waals surface area (Å²) in [6.45, 7) is 6.61. The second-order valence-corrected chi connectivity index (χ2v) is 8.43. The van der Waals surface area contributed by atoms with Gasteiger partial charge in [0.15, 0.2) is 17.1 Å². The molecule has 9 nitrogen and oxygen atoms in total. The lowest BCUT2D eigenvalue weighted by molar-refractivity contribution is -0.131. The predicted octanol–water partition coefficient (Wildman–Crippen LogP) is 3.79. The van der Waals surface area contributed by atoms with E-state index in [1.807, 2.05) is 25.1 Å². The van der Waals surface area contributed by atoms with Gasteiger partial charge in [-0.25, -0.2) is 4.79 Å². The molecule has 3 amide bonds. The zero-order valence-corrected chi connectivity index (χ0v) is 18.6. The average Bonchev–Trinajstić information content (AvgIpc) is 3.51. The van der Waals surface area contributed by atoms with Crippen molar-refractivity contribution in [3.63, 3.8) is 0 Å². The summed E-state index contributed by atoms with van der Waals surface area (Å²) in [6.07, 6.45) is 0. The van der Waals surface area contributed by atoms with Crippen LogP contribution in [-0.2, 0) is 10.3 Å². The summed E-state index contributed by atoms with van der Waals surface area (Å²) in [5, 5.41) is 7.52. The largest absolute Gasteiger partial charge is 0.458 e. The van der Waals surface area contributed by atoms with Crippen LogP contribution in [0.15, 0.2) is 51.4 Å². The Labute approximate surface area is 188 Å². The lowest BCUT2D eigenvalue weighted by Crippen LogP contribution is -2.41. The number of carbonyl (C=O) groups is 3. The molecule has 33 heavy (non-hydrogen) atoms. The van der Waals surface area contributed by atoms with Crippen LogP contribution in [0.5, 0.6) is 0 Å². The summed E-state index contributed by atoms with van der Waals surface area (Å²) in [4.78, 5) is 40.1. The highest BCUT2D eigenvalue weighted by molar-refractivity contribution is 6.11. The Morgan fingerprint density at radius 3 is 2.58 bits per heavy atom. The number of aryl methyl sites for hydroxylation is 2. The third-order valence-electron chi connectivity index (χ3n) is 6.07. The van der Waals surface area contributed by atoms with E-state index < -0.39 is 17.5 Å². The van der Waals surface area contributed by atoms with Crippen molar-refractivity contribution >= 4 is 28.7 Å². The first-order valence-corrected chi connectivity index (χ1v) is 10.5. The first-order valence-electron chi connectivity index (χ1n) is 10.5. The van der Waals surface area contributed by atoms with E-state index in [1.165, 1.54) is 0 Å². The number of urea groups is 1. The Morgan fingerprint density at radius 2 is 1.88 bits per heavy atom. The number of Topliss-reactive ketones (excluding diaryl/α,β-unsaturated/α-hetero) is 1. The number of benzene rings is 1. The van der Waals surface area contributed by atoms with E-state index in [2.05, 4.69) is 10.5 Å². The zero-order valence-electron chi connectivity index (χ0n) is 18.6. The number of nitrogens with zero attached hydrogens (tertiary/aromatic N) is 3. The van der Waals surface area contributed by atoms with E-state index >= 15 is 0 Å². The van der Waals surface area contributed by atoms with Gasteiger partial charge in [-0.05, 0) is 45.9 Å². The maximum absolute atomic E-state index is 13.3. The van der Waals surface area contributed by atoms with Gasteiger partial charge in [0.25, 0.3) is 5.91 Å². The molecule has 0 aliphatic carbocycles. The van der Waals surface area contributed by atoms with Gasteiger partial charge in [0.2, 0.25) is 0 Å². The average molecular weight is 446 g/mol. The van der Waals surface area contributed by atoms with Crippen molar-refractivity contribution in [2.75, 3.05) is 6.54 Å². The van der Waals surface area contributed by atoms with Crippen LogP contribution in [-0.4, -0.2) is 38.9 Å². The van der Waals surface area contributed by atoms with Crippen LogP contribution in [0.4, 0.5) is 4.79 Å². The van der Waals surface area contributed by atoms with Crippen molar-refractivity contribution in [2.45, 2.75) is 33.2 Å². The Hall–Kier alpha value is -4.14. The van der Waals surface area contributed by atoms with Crippen LogP contribution in [0.2, 0.25) is 0 Å². The Kier molecular flexibility index (Phi) is 4.52. The molecule has 0 bridgehead atoms. The van der Waals surface area contributed by atoms with Gasteiger partial charge in [-0.15, -0.1) is 0 Å². The second-order valence-electron chi connectivity index (χ2n) is 8.43. The fourth-order valence-electron chi connectivity index (χ4n) is 4.32. The number of ketones is 1. The summed E-state index contributed by atoms with van der Waals surface area (Å²) in [6, 6.07) is 11.9. The molecular weight excluding hydrogens is 424 g/mol. The van der Waals surface area contributed by atoms with E-state index in [4.69, 9.17) is 8.94 Å². The molecule has 0 unspecified atom stereocenters. The number of nitrogens with one attached hydrogen (secondary N) is 1. The van der Waals surface area contributed by atoms with Crippen molar-refractivity contribution in [2.24, 2.45) is 0 Å². The lowest BCUT2D eigenvalue weighted by atomic mass is 9.98. The first kappa shape index (κ1) is 20.7. The minimum Gasteiger partial charge on any atom is -0.458 e. The number of carbonyl (C=O) groups excluding carboxylic acids is 3. The van der Waals surface area contributed by atoms with Crippen molar-refractivity contribution in [1.29, 1.82) is 0 Å². The zero-order chi connectivity index (χ0) is 23.5. The molecule has 5 rings (SSSR count). The molecule has 0 spiro atoms. The molecule has 3 aromatic heterocycles. The number of furan rings is 1. The number of hydrogen-bond donors (Lipinski definition) is 1. The number of amides is 3. The molecule has 1 saturated heterocycles. The predicted molar refractivity (Wildman–Crippen MR) is 118 cm³/mol. The van der Waals surface area contributed by atoms with Gasteiger partial charge in [0.1, 0.15) is 17.1 Å². The Balaban J connectivity index is 1.42. The van der Waals surface area contributed by atoms with Crippen molar-refractivity contribution in [1.82, 2.24) is 19.9 Å². The lowest BCUT2D eigenvalue weighted by Gasteiger charge is -2.18. The molecule has 168 valence electrons. The molecule has 1 N–H and O–H groups in total. The fourth-order valence-corrected chi connectivity index (χ4v) is 4.32. The van der Waals surface area contributed by atoms with Crippen molar-refractivity contribution in [3.05, 3.63) is 70.9 Å². The normalized spacial score (nSPS) is 18.4. The van der Waals surface area contributed by atoms with E-state index in [9.17, 15) is 14.4 Å². The smallest absolute Gasteiger partial charge is 0.325 e. The van der Waals surface area contributed by atoms with Crippen molar-refractivity contribution in [3.8, 4) is 5.82 Å². The van der Waals surface area contributed by atoms with E-state index in [0.29, 0.717) is 34.2 Å². The second kappa shape index (κ2) is 7.19. The summed E-state index contributed by atoms with van der Waals surface area (Å²) >= 11 is 0. The van der Waals surface area contributed by atoms with Gasteiger partial charge in [0.05, 0.1) is 6.54 Å². The number of para-hydroxylation sites is 1. The minimum absolute atomic E-state index is 0.316. The van der Waals surface area contributed by atoms with Gasteiger partial charge in [0, 0.05) is 28.4 Å². The van der Waals surface area contributed by atoms with Crippen LogP contribution in [0.3, 0.4) is 0 Å². The quantitative estimate of drug-likeness (QED) is 0.369. The van der Waals surface area contributed by atoms with Gasteiger partial charge >= 0.3 is 6.03 Å². The van der Waals surface area contributed by atoms with E-state index in [-0.39, 0.29) is 12.3 Å². The maximum atomic E-state index is 13.3. The third-order valence-corrected chi connectivity index (χ3v) is 6.07. The van der Waals surface area contributed by atoms with Gasteiger partial charge < -0.3 is 14.3 Å². The monoisotopic (exact) mass is 446 g/mol. The van der Waals surface area contributed by atoms with Gasteiger partial charge in [-0.2, -0.15) is 0 Å². The number of rotatable bonds is 5. The van der Waals surface area contributed by atoms with Crippen molar-refractivity contribution < 1.29 is 23.3 Å². The van der Waals surface area contributed by atoms with Crippen LogP contribution in [0, 0.1) is 20.8 Å². The highest BCUT2D eigenvalue weighted by Crippen LogP contribution is 2.33. The molecule has 1 aliphatic rings. The van der Waals surface area contributed by atoms with E-state index in [0.717, 1.165) is 16.0 Å². The Morgan fingerprint density at radius 1 is 1.12 bits per heavy atom. The molecule has 1 atom stereocenters. The van der Waals surface area contributed by atoms with Crippen LogP contribution >= 0.6 is 0 Å². The number of fused-ring (bicyclic) bond motifs is 1. The van der Waals surface area contributed by atoms with E-state index in [1.54, 1.807) is 49.6 Å². The number of aromatic nitrogens is 2. The molecule has 1 aromatic carbocycles. The Bertz CT molecular complexity index is 1410. The topological polar surface area (TPSA) is 111 Å². The standard InChI is InChI=1S/C24H22N4O5/c1-13-9-17(15(3)28(13)21-10-14(2)33-26-21)18(29)12-27-22(30)24(4,25-23(27)31)20-11-16-7-5-6-8-19(16)32-20/h5-11H,12H2,1-4H3,(H,25,31)/t24-/m1/s1. The molecule has 0 radical (unpaired) electrons. The van der Waals surface area contributed by atoms with Crippen LogP contribution in [0.25, 0.3) is 16.8 Å². The highest BCUT2D eigenvalue weighted by atomic mass is 16.5. The maximum Gasteiger partial charge on any atom is 0.325 e. The molecule has 4 heterocycles. The molecular formula is C24H22N4O5. The molecule has 1 fully saturated rings. The molecule has 1 aliphatic heterocycles. The summed E-state index contributed by atoms with van der Waals surface area (Å²) < 4.78 is 12.8. The SMILES string of the molecule is Cc1cc(-n2c(C)cc(C(=O)CN3C(=O)N[C@](C)(c4cc5ccccc5o4)C3=O)c2C)no1.